The van der Waals surface area contributed by atoms with Crippen molar-refractivity contribution in [2.75, 3.05) is 0 Å². The lowest BCUT2D eigenvalue weighted by Gasteiger charge is -2.04. The quantitative estimate of drug-likeness (QED) is 0.452. The number of aromatic carboxylic acids is 1. The van der Waals surface area contributed by atoms with E-state index in [1.807, 2.05) is 36.5 Å². The number of hydrogen-bond acceptors (Lipinski definition) is 3. The summed E-state index contributed by atoms with van der Waals surface area (Å²) in [5, 5.41) is 17.9. The van der Waals surface area contributed by atoms with Crippen LogP contribution >= 0.6 is 0 Å². The third-order valence-corrected chi connectivity index (χ3v) is 5.05. The Labute approximate surface area is 176 Å². The molecule has 2 aromatic carbocycles. The van der Waals surface area contributed by atoms with Gasteiger partial charge in [0.15, 0.2) is 0 Å². The maximum atomic E-state index is 10.5. The molecule has 5 nitrogen and oxygen atoms in total. The Morgan fingerprint density at radius 3 is 2.13 bits per heavy atom. The van der Waals surface area contributed by atoms with Gasteiger partial charge in [0.1, 0.15) is 11.4 Å². The van der Waals surface area contributed by atoms with Crippen molar-refractivity contribution >= 4 is 11.6 Å². The first-order valence-corrected chi connectivity index (χ1v) is 9.85. The lowest BCUT2D eigenvalue weighted by atomic mass is 10.0. The lowest BCUT2D eigenvalue weighted by molar-refractivity contribution is 0.0697. The SMILES string of the molecule is CC(C)c1ccc(C(=O)O)cc1.Cc1cccn2c(C)c(-c3ccc(O)cc3)nc12. The number of aromatic hydroxyl groups is 1. The van der Waals surface area contributed by atoms with Crippen molar-refractivity contribution in [1.29, 1.82) is 0 Å². The van der Waals surface area contributed by atoms with E-state index in [1.54, 1.807) is 24.3 Å². The number of aromatic nitrogens is 2. The van der Waals surface area contributed by atoms with E-state index in [0.717, 1.165) is 28.2 Å². The maximum absolute atomic E-state index is 10.5. The summed E-state index contributed by atoms with van der Waals surface area (Å²) in [6, 6.07) is 18.2. The summed E-state index contributed by atoms with van der Waals surface area (Å²) in [5.41, 5.74) is 6.75. The summed E-state index contributed by atoms with van der Waals surface area (Å²) >= 11 is 0. The summed E-state index contributed by atoms with van der Waals surface area (Å²) in [4.78, 5) is 15.2. The number of aryl methyl sites for hydroxylation is 2. The highest BCUT2D eigenvalue weighted by Gasteiger charge is 2.11. The maximum Gasteiger partial charge on any atom is 0.335 e. The van der Waals surface area contributed by atoms with Crippen LogP contribution in [-0.4, -0.2) is 25.6 Å². The highest BCUT2D eigenvalue weighted by molar-refractivity contribution is 5.87. The number of carboxylic acid groups (broad SMARTS) is 1. The van der Waals surface area contributed by atoms with E-state index in [2.05, 4.69) is 38.2 Å². The number of phenols is 1. The number of pyridine rings is 1. The molecule has 0 saturated carbocycles. The van der Waals surface area contributed by atoms with Gasteiger partial charge in [0.05, 0.1) is 11.3 Å². The molecule has 30 heavy (non-hydrogen) atoms. The largest absolute Gasteiger partial charge is 0.508 e. The number of imidazole rings is 1. The van der Waals surface area contributed by atoms with Gasteiger partial charge in [-0.05, 0) is 73.4 Å². The van der Waals surface area contributed by atoms with Gasteiger partial charge < -0.3 is 14.6 Å². The van der Waals surface area contributed by atoms with Crippen LogP contribution in [0.2, 0.25) is 0 Å². The number of hydrogen-bond donors (Lipinski definition) is 2. The zero-order chi connectivity index (χ0) is 21.8. The smallest absolute Gasteiger partial charge is 0.335 e. The average molecular weight is 402 g/mol. The number of carboxylic acids is 1. The fourth-order valence-electron chi connectivity index (χ4n) is 3.23. The predicted molar refractivity (Wildman–Crippen MR) is 119 cm³/mol. The molecule has 154 valence electrons. The van der Waals surface area contributed by atoms with Crippen LogP contribution in [0.15, 0.2) is 66.9 Å². The third kappa shape index (κ3) is 4.51. The highest BCUT2D eigenvalue weighted by Crippen LogP contribution is 2.26. The first-order chi connectivity index (χ1) is 14.3. The predicted octanol–water partition coefficient (Wildman–Crippen LogP) is 5.83. The van der Waals surface area contributed by atoms with E-state index in [1.165, 1.54) is 5.56 Å². The minimum atomic E-state index is -0.870. The van der Waals surface area contributed by atoms with Crippen LogP contribution in [0, 0.1) is 13.8 Å². The molecule has 2 N–H and O–H groups in total. The van der Waals surface area contributed by atoms with Gasteiger partial charge in [-0.2, -0.15) is 0 Å². The van der Waals surface area contributed by atoms with E-state index < -0.39 is 5.97 Å². The third-order valence-electron chi connectivity index (χ3n) is 5.05. The van der Waals surface area contributed by atoms with E-state index in [9.17, 15) is 9.90 Å². The van der Waals surface area contributed by atoms with Gasteiger partial charge in [0.25, 0.3) is 0 Å². The molecule has 0 atom stereocenters. The molecule has 2 aromatic heterocycles. The number of phenolic OH excluding ortho intramolecular Hbond substituents is 1. The van der Waals surface area contributed by atoms with Crippen LogP contribution in [0.5, 0.6) is 5.75 Å². The van der Waals surface area contributed by atoms with Crippen molar-refractivity contribution in [3.05, 3.63) is 89.2 Å². The van der Waals surface area contributed by atoms with Gasteiger partial charge in [-0.1, -0.05) is 32.0 Å². The van der Waals surface area contributed by atoms with Crippen molar-refractivity contribution in [2.45, 2.75) is 33.6 Å². The average Bonchev–Trinajstić information content (AvgIpc) is 3.07. The molecular formula is C25H26N2O3. The van der Waals surface area contributed by atoms with Crippen LogP contribution in [0.25, 0.3) is 16.9 Å². The Bertz CT molecular complexity index is 1160. The van der Waals surface area contributed by atoms with E-state index in [-0.39, 0.29) is 5.75 Å². The van der Waals surface area contributed by atoms with Gasteiger partial charge >= 0.3 is 5.97 Å². The number of fused-ring (bicyclic) bond motifs is 1. The summed E-state index contributed by atoms with van der Waals surface area (Å²) in [5.74, 6) is -0.144. The molecular weight excluding hydrogens is 376 g/mol. The fourth-order valence-corrected chi connectivity index (χ4v) is 3.23. The van der Waals surface area contributed by atoms with Crippen molar-refractivity contribution in [3.63, 3.8) is 0 Å². The monoisotopic (exact) mass is 402 g/mol. The fraction of sp³-hybridized carbons (Fsp3) is 0.200. The number of rotatable bonds is 3. The first-order valence-electron chi connectivity index (χ1n) is 9.85. The Balaban J connectivity index is 0.000000187. The van der Waals surface area contributed by atoms with Gasteiger partial charge in [-0.3, -0.25) is 0 Å². The standard InChI is InChI=1S/C15H14N2O.C10H12O2/c1-10-4-3-9-17-11(2)14(16-15(10)17)12-5-7-13(18)8-6-12;1-7(2)8-3-5-9(6-4-8)10(11)12/h3-9,18H,1-2H3;3-7H,1-2H3,(H,11,12). The second-order valence-corrected chi connectivity index (χ2v) is 7.56. The molecule has 2 heterocycles. The molecule has 0 amide bonds. The van der Waals surface area contributed by atoms with Gasteiger partial charge in [0, 0.05) is 17.5 Å². The van der Waals surface area contributed by atoms with Crippen LogP contribution in [0.3, 0.4) is 0 Å². The Morgan fingerprint density at radius 1 is 0.967 bits per heavy atom. The summed E-state index contributed by atoms with van der Waals surface area (Å²) in [7, 11) is 0. The van der Waals surface area contributed by atoms with Crippen LogP contribution < -0.4 is 0 Å². The molecule has 0 unspecified atom stereocenters. The normalized spacial score (nSPS) is 10.7. The zero-order valence-corrected chi connectivity index (χ0v) is 17.6. The molecule has 0 bridgehead atoms. The summed E-state index contributed by atoms with van der Waals surface area (Å²) < 4.78 is 2.09. The topological polar surface area (TPSA) is 74.8 Å². The first kappa shape index (κ1) is 21.1. The van der Waals surface area contributed by atoms with Gasteiger partial charge in [-0.25, -0.2) is 9.78 Å². The van der Waals surface area contributed by atoms with E-state index >= 15 is 0 Å². The minimum Gasteiger partial charge on any atom is -0.508 e. The molecule has 0 spiro atoms. The molecule has 0 aliphatic rings. The Kier molecular flexibility index (Phi) is 6.21. The van der Waals surface area contributed by atoms with E-state index in [4.69, 9.17) is 10.1 Å². The van der Waals surface area contributed by atoms with Crippen molar-refractivity contribution in [1.82, 2.24) is 9.38 Å². The Hall–Kier alpha value is -3.60. The second-order valence-electron chi connectivity index (χ2n) is 7.56. The second kappa shape index (κ2) is 8.82. The molecule has 0 aliphatic heterocycles. The molecule has 4 aromatic rings. The Morgan fingerprint density at radius 2 is 1.60 bits per heavy atom. The van der Waals surface area contributed by atoms with Gasteiger partial charge in [0.2, 0.25) is 0 Å². The lowest BCUT2D eigenvalue weighted by Crippen LogP contribution is -1.96. The van der Waals surface area contributed by atoms with Crippen molar-refractivity contribution in [3.8, 4) is 17.0 Å². The zero-order valence-electron chi connectivity index (χ0n) is 17.6. The number of benzene rings is 2. The molecule has 0 radical (unpaired) electrons. The highest BCUT2D eigenvalue weighted by atomic mass is 16.4. The number of carbonyl (C=O) groups is 1. The molecule has 5 heteroatoms. The van der Waals surface area contributed by atoms with Crippen LogP contribution in [-0.2, 0) is 0 Å². The molecule has 0 aliphatic carbocycles. The van der Waals surface area contributed by atoms with Crippen molar-refractivity contribution < 1.29 is 15.0 Å². The van der Waals surface area contributed by atoms with Crippen LogP contribution in [0.1, 0.15) is 46.9 Å². The summed E-state index contributed by atoms with van der Waals surface area (Å²) in [6.07, 6.45) is 2.02. The summed E-state index contributed by atoms with van der Waals surface area (Å²) in [6.45, 7) is 8.27. The van der Waals surface area contributed by atoms with Gasteiger partial charge in [-0.15, -0.1) is 0 Å². The molecule has 4 rings (SSSR count). The number of nitrogens with zero attached hydrogens (tertiary/aromatic N) is 2. The van der Waals surface area contributed by atoms with E-state index in [0.29, 0.717) is 11.5 Å². The minimum absolute atomic E-state index is 0.274. The van der Waals surface area contributed by atoms with Crippen molar-refractivity contribution in [2.24, 2.45) is 0 Å². The van der Waals surface area contributed by atoms with Crippen LogP contribution in [0.4, 0.5) is 0 Å². The molecule has 0 saturated heterocycles. The molecule has 0 fully saturated rings.